The molecule has 2 rings (SSSR count). The molecule has 0 bridgehead atoms. The molecule has 0 atom stereocenters. The van der Waals surface area contributed by atoms with E-state index in [0.717, 1.165) is 23.8 Å². The molecule has 0 aliphatic heterocycles. The van der Waals surface area contributed by atoms with Gasteiger partial charge in [0.15, 0.2) is 5.96 Å². The van der Waals surface area contributed by atoms with E-state index in [1.165, 1.54) is 12.8 Å². The third kappa shape index (κ3) is 6.59. The Kier molecular flexibility index (Phi) is 6.26. The van der Waals surface area contributed by atoms with Crippen LogP contribution in [0.4, 0.5) is 10.5 Å². The van der Waals surface area contributed by atoms with Gasteiger partial charge in [0.1, 0.15) is 0 Å². The summed E-state index contributed by atoms with van der Waals surface area (Å²) in [5, 5.41) is 12.2. The Morgan fingerprint density at radius 2 is 1.96 bits per heavy atom. The summed E-state index contributed by atoms with van der Waals surface area (Å²) in [6.07, 6.45) is 2.45. The van der Waals surface area contributed by atoms with Crippen molar-refractivity contribution in [2.24, 2.45) is 4.99 Å². The number of carbonyl (C=O) groups is 1. The smallest absolute Gasteiger partial charge is 0.319 e. The second-order valence-corrected chi connectivity index (χ2v) is 6.06. The summed E-state index contributed by atoms with van der Waals surface area (Å²) in [4.78, 5) is 16.2. The van der Waals surface area contributed by atoms with Crippen molar-refractivity contribution in [1.29, 1.82) is 0 Å². The lowest BCUT2D eigenvalue weighted by Crippen LogP contribution is -2.38. The van der Waals surface area contributed by atoms with Gasteiger partial charge in [0, 0.05) is 24.3 Å². The lowest BCUT2D eigenvalue weighted by molar-refractivity contribution is 0.250. The SMILES string of the molecule is CCNC(=NCc1ccc(NC(=O)NC(C)C)cc1)NC1CC1. The van der Waals surface area contributed by atoms with E-state index in [2.05, 4.69) is 33.2 Å². The number of anilines is 1. The predicted molar refractivity (Wildman–Crippen MR) is 94.7 cm³/mol. The van der Waals surface area contributed by atoms with E-state index in [9.17, 15) is 4.79 Å². The van der Waals surface area contributed by atoms with Gasteiger partial charge in [-0.3, -0.25) is 0 Å². The Hall–Kier alpha value is -2.24. The minimum Gasteiger partial charge on any atom is -0.357 e. The van der Waals surface area contributed by atoms with Gasteiger partial charge in [0.25, 0.3) is 0 Å². The summed E-state index contributed by atoms with van der Waals surface area (Å²) >= 11 is 0. The largest absolute Gasteiger partial charge is 0.357 e. The average molecular weight is 317 g/mol. The van der Waals surface area contributed by atoms with E-state index in [4.69, 9.17) is 0 Å². The molecule has 0 aromatic heterocycles. The van der Waals surface area contributed by atoms with Crippen molar-refractivity contribution in [3.63, 3.8) is 0 Å². The van der Waals surface area contributed by atoms with E-state index in [-0.39, 0.29) is 12.1 Å². The molecule has 23 heavy (non-hydrogen) atoms. The number of aliphatic imine (C=N–C) groups is 1. The number of benzene rings is 1. The number of urea groups is 1. The van der Waals surface area contributed by atoms with Crippen LogP contribution >= 0.6 is 0 Å². The highest BCUT2D eigenvalue weighted by Crippen LogP contribution is 2.18. The molecule has 1 aromatic carbocycles. The molecule has 6 heteroatoms. The molecular formula is C17H27N5O. The predicted octanol–water partition coefficient (Wildman–Crippen LogP) is 2.43. The second-order valence-electron chi connectivity index (χ2n) is 6.06. The van der Waals surface area contributed by atoms with Crippen molar-refractivity contribution in [3.05, 3.63) is 29.8 Å². The van der Waals surface area contributed by atoms with E-state index in [0.29, 0.717) is 12.6 Å². The fraction of sp³-hybridized carbons (Fsp3) is 0.529. The summed E-state index contributed by atoms with van der Waals surface area (Å²) in [6, 6.07) is 8.27. The standard InChI is InChI=1S/C17H27N5O/c1-4-18-16(21-14-9-10-14)19-11-13-5-7-15(8-6-13)22-17(23)20-12(2)3/h5-8,12,14H,4,9-11H2,1-3H3,(H2,18,19,21)(H2,20,22,23). The number of rotatable bonds is 6. The molecule has 0 radical (unpaired) electrons. The molecule has 1 fully saturated rings. The zero-order chi connectivity index (χ0) is 16.7. The van der Waals surface area contributed by atoms with Crippen molar-refractivity contribution in [2.75, 3.05) is 11.9 Å². The number of guanidine groups is 1. The van der Waals surface area contributed by atoms with E-state index >= 15 is 0 Å². The molecule has 0 heterocycles. The Morgan fingerprint density at radius 1 is 1.26 bits per heavy atom. The molecule has 0 saturated heterocycles. The van der Waals surface area contributed by atoms with Gasteiger partial charge in [0.2, 0.25) is 0 Å². The third-order valence-electron chi connectivity index (χ3n) is 3.31. The van der Waals surface area contributed by atoms with Crippen LogP contribution in [0.5, 0.6) is 0 Å². The normalized spacial score (nSPS) is 14.5. The lowest BCUT2D eigenvalue weighted by atomic mass is 10.2. The van der Waals surface area contributed by atoms with Crippen molar-refractivity contribution in [2.45, 2.75) is 52.2 Å². The van der Waals surface area contributed by atoms with Crippen LogP contribution in [0, 0.1) is 0 Å². The van der Waals surface area contributed by atoms with Crippen LogP contribution in [0.3, 0.4) is 0 Å². The minimum absolute atomic E-state index is 0.118. The van der Waals surface area contributed by atoms with Gasteiger partial charge in [-0.05, 0) is 51.3 Å². The van der Waals surface area contributed by atoms with Gasteiger partial charge in [-0.2, -0.15) is 0 Å². The molecule has 4 N–H and O–H groups in total. The lowest BCUT2D eigenvalue weighted by Gasteiger charge is -2.11. The molecule has 1 aromatic rings. The number of nitrogens with zero attached hydrogens (tertiary/aromatic N) is 1. The van der Waals surface area contributed by atoms with E-state index in [1.54, 1.807) is 0 Å². The first-order valence-corrected chi connectivity index (χ1v) is 8.28. The highest BCUT2D eigenvalue weighted by Gasteiger charge is 2.21. The van der Waals surface area contributed by atoms with Crippen molar-refractivity contribution < 1.29 is 4.79 Å². The van der Waals surface area contributed by atoms with Crippen LogP contribution in [-0.4, -0.2) is 30.6 Å². The second kappa shape index (κ2) is 8.41. The molecule has 1 aliphatic carbocycles. The van der Waals surface area contributed by atoms with Gasteiger partial charge in [-0.15, -0.1) is 0 Å². The summed E-state index contributed by atoms with van der Waals surface area (Å²) in [5.74, 6) is 0.869. The molecule has 0 spiro atoms. The first-order valence-electron chi connectivity index (χ1n) is 8.28. The summed E-state index contributed by atoms with van der Waals surface area (Å²) in [6.45, 7) is 7.39. The Labute approximate surface area is 138 Å². The van der Waals surface area contributed by atoms with Gasteiger partial charge >= 0.3 is 6.03 Å². The Balaban J connectivity index is 1.86. The topological polar surface area (TPSA) is 77.5 Å². The van der Waals surface area contributed by atoms with Gasteiger partial charge in [-0.25, -0.2) is 9.79 Å². The maximum absolute atomic E-state index is 11.6. The fourth-order valence-corrected chi connectivity index (χ4v) is 2.03. The monoisotopic (exact) mass is 317 g/mol. The molecule has 1 saturated carbocycles. The highest BCUT2D eigenvalue weighted by molar-refractivity contribution is 5.89. The van der Waals surface area contributed by atoms with Gasteiger partial charge in [0.05, 0.1) is 6.54 Å². The summed E-state index contributed by atoms with van der Waals surface area (Å²) in [5.41, 5.74) is 1.88. The number of amides is 2. The van der Waals surface area contributed by atoms with Crippen LogP contribution in [0.15, 0.2) is 29.3 Å². The van der Waals surface area contributed by atoms with Crippen LogP contribution in [-0.2, 0) is 6.54 Å². The van der Waals surface area contributed by atoms with Crippen LogP contribution in [0.2, 0.25) is 0 Å². The molecule has 0 unspecified atom stereocenters. The highest BCUT2D eigenvalue weighted by atomic mass is 16.2. The molecule has 6 nitrogen and oxygen atoms in total. The number of carbonyl (C=O) groups excluding carboxylic acids is 1. The maximum Gasteiger partial charge on any atom is 0.319 e. The summed E-state index contributed by atoms with van der Waals surface area (Å²) in [7, 11) is 0. The fourth-order valence-electron chi connectivity index (χ4n) is 2.03. The van der Waals surface area contributed by atoms with Crippen molar-refractivity contribution in [3.8, 4) is 0 Å². The first kappa shape index (κ1) is 17.1. The third-order valence-corrected chi connectivity index (χ3v) is 3.31. The van der Waals surface area contributed by atoms with E-state index in [1.807, 2.05) is 38.1 Å². The minimum atomic E-state index is -0.186. The average Bonchev–Trinajstić information content (AvgIpc) is 3.29. The quantitative estimate of drug-likeness (QED) is 0.481. The number of hydrogen-bond acceptors (Lipinski definition) is 2. The Morgan fingerprint density at radius 3 is 2.52 bits per heavy atom. The van der Waals surface area contributed by atoms with Crippen LogP contribution in [0.25, 0.3) is 0 Å². The molecule has 126 valence electrons. The molecular weight excluding hydrogens is 290 g/mol. The zero-order valence-corrected chi connectivity index (χ0v) is 14.1. The van der Waals surface area contributed by atoms with Crippen molar-refractivity contribution >= 4 is 17.7 Å². The zero-order valence-electron chi connectivity index (χ0n) is 14.1. The first-order chi connectivity index (χ1) is 11.1. The number of hydrogen-bond donors (Lipinski definition) is 4. The van der Waals surface area contributed by atoms with Gasteiger partial charge in [-0.1, -0.05) is 12.1 Å². The van der Waals surface area contributed by atoms with Crippen LogP contribution < -0.4 is 21.3 Å². The Bertz CT molecular complexity index is 534. The van der Waals surface area contributed by atoms with Gasteiger partial charge < -0.3 is 21.3 Å². The molecule has 2 amide bonds. The number of nitrogens with one attached hydrogen (secondary N) is 4. The molecule has 1 aliphatic rings. The maximum atomic E-state index is 11.6. The van der Waals surface area contributed by atoms with E-state index < -0.39 is 0 Å². The summed E-state index contributed by atoms with van der Waals surface area (Å²) < 4.78 is 0. The van der Waals surface area contributed by atoms with Crippen LogP contribution in [0.1, 0.15) is 39.2 Å². The van der Waals surface area contributed by atoms with Crippen molar-refractivity contribution in [1.82, 2.24) is 16.0 Å².